The average Bonchev–Trinajstić information content (AvgIpc) is 2.42. The largest absolute Gasteiger partial charge is 0.381 e. The van der Waals surface area contributed by atoms with Crippen molar-refractivity contribution < 1.29 is 17.9 Å². The van der Waals surface area contributed by atoms with Gasteiger partial charge in [0.25, 0.3) is 0 Å². The molecule has 2 atom stereocenters. The molecule has 0 aromatic heterocycles. The second-order valence-corrected chi connectivity index (χ2v) is 4.81. The minimum Gasteiger partial charge on any atom is -0.381 e. The molecular formula is C14H18F3NO. The van der Waals surface area contributed by atoms with Crippen molar-refractivity contribution in [2.75, 3.05) is 19.8 Å². The summed E-state index contributed by atoms with van der Waals surface area (Å²) in [5.41, 5.74) is 0.439. The molecule has 19 heavy (non-hydrogen) atoms. The minimum atomic E-state index is -1.42. The molecule has 0 radical (unpaired) electrons. The summed E-state index contributed by atoms with van der Waals surface area (Å²) < 4.78 is 45.1. The number of halogens is 3. The van der Waals surface area contributed by atoms with E-state index < -0.39 is 17.5 Å². The quantitative estimate of drug-likeness (QED) is 0.851. The Bertz CT molecular complexity index is 410. The SMILES string of the molecule is CCNC(c1cc(F)c(F)c(F)c1)C1CCCOC1. The van der Waals surface area contributed by atoms with Crippen LogP contribution in [0.25, 0.3) is 0 Å². The maximum absolute atomic E-state index is 13.3. The Morgan fingerprint density at radius 2 is 2.00 bits per heavy atom. The molecule has 0 saturated carbocycles. The van der Waals surface area contributed by atoms with Crippen molar-refractivity contribution >= 4 is 0 Å². The standard InChI is InChI=1S/C14H18F3NO/c1-2-18-14(9-4-3-5-19-8-9)10-6-11(15)13(17)12(16)7-10/h6-7,9,14,18H,2-5,8H2,1H3. The van der Waals surface area contributed by atoms with Crippen LogP contribution in [-0.4, -0.2) is 19.8 Å². The van der Waals surface area contributed by atoms with E-state index in [9.17, 15) is 13.2 Å². The summed E-state index contributed by atoms with van der Waals surface area (Å²) in [4.78, 5) is 0. The van der Waals surface area contributed by atoms with Crippen molar-refractivity contribution in [3.8, 4) is 0 Å². The molecule has 2 rings (SSSR count). The second kappa shape index (κ2) is 6.39. The molecule has 0 spiro atoms. The van der Waals surface area contributed by atoms with E-state index in [2.05, 4.69) is 5.32 Å². The van der Waals surface area contributed by atoms with Crippen molar-refractivity contribution in [2.24, 2.45) is 5.92 Å². The monoisotopic (exact) mass is 273 g/mol. The molecule has 1 heterocycles. The third-order valence-electron chi connectivity index (χ3n) is 3.46. The second-order valence-electron chi connectivity index (χ2n) is 4.81. The molecule has 2 unspecified atom stereocenters. The smallest absolute Gasteiger partial charge is 0.194 e. The van der Waals surface area contributed by atoms with Gasteiger partial charge in [0, 0.05) is 18.6 Å². The van der Waals surface area contributed by atoms with Gasteiger partial charge in [-0.25, -0.2) is 13.2 Å². The lowest BCUT2D eigenvalue weighted by Crippen LogP contribution is -2.33. The lowest BCUT2D eigenvalue weighted by Gasteiger charge is -2.31. The van der Waals surface area contributed by atoms with E-state index >= 15 is 0 Å². The van der Waals surface area contributed by atoms with E-state index in [4.69, 9.17) is 4.74 Å². The predicted octanol–water partition coefficient (Wildman–Crippen LogP) is 3.18. The van der Waals surface area contributed by atoms with Crippen molar-refractivity contribution in [3.05, 3.63) is 35.1 Å². The fraction of sp³-hybridized carbons (Fsp3) is 0.571. The lowest BCUT2D eigenvalue weighted by atomic mass is 9.88. The van der Waals surface area contributed by atoms with E-state index in [-0.39, 0.29) is 12.0 Å². The summed E-state index contributed by atoms with van der Waals surface area (Å²) >= 11 is 0. The third-order valence-corrected chi connectivity index (χ3v) is 3.46. The van der Waals surface area contributed by atoms with Gasteiger partial charge in [-0.15, -0.1) is 0 Å². The zero-order valence-electron chi connectivity index (χ0n) is 10.9. The Morgan fingerprint density at radius 1 is 1.32 bits per heavy atom. The van der Waals surface area contributed by atoms with Gasteiger partial charge in [0.2, 0.25) is 0 Å². The number of nitrogens with one attached hydrogen (secondary N) is 1. The molecule has 0 amide bonds. The minimum absolute atomic E-state index is 0.151. The first-order valence-electron chi connectivity index (χ1n) is 6.59. The van der Waals surface area contributed by atoms with Gasteiger partial charge in [0.15, 0.2) is 17.5 Å². The van der Waals surface area contributed by atoms with Gasteiger partial charge in [-0.2, -0.15) is 0 Å². The molecule has 0 bridgehead atoms. The molecule has 106 valence electrons. The lowest BCUT2D eigenvalue weighted by molar-refractivity contribution is 0.0391. The summed E-state index contributed by atoms with van der Waals surface area (Å²) in [6, 6.07) is 1.93. The first kappa shape index (κ1) is 14.3. The highest BCUT2D eigenvalue weighted by Crippen LogP contribution is 2.30. The maximum atomic E-state index is 13.3. The molecule has 1 fully saturated rings. The highest BCUT2D eigenvalue weighted by Gasteiger charge is 2.26. The van der Waals surface area contributed by atoms with Crippen LogP contribution in [0.4, 0.5) is 13.2 Å². The number of hydrogen-bond acceptors (Lipinski definition) is 2. The first-order chi connectivity index (χ1) is 9.13. The van der Waals surface area contributed by atoms with Crippen LogP contribution in [0.15, 0.2) is 12.1 Å². The Kier molecular flexibility index (Phi) is 4.82. The van der Waals surface area contributed by atoms with Crippen LogP contribution >= 0.6 is 0 Å². The predicted molar refractivity (Wildman–Crippen MR) is 66.3 cm³/mol. The summed E-state index contributed by atoms with van der Waals surface area (Å²) in [6.45, 7) is 3.87. The molecule has 1 aromatic carbocycles. The number of rotatable bonds is 4. The topological polar surface area (TPSA) is 21.3 Å². The van der Waals surface area contributed by atoms with Crippen molar-refractivity contribution in [1.29, 1.82) is 0 Å². The van der Waals surface area contributed by atoms with Crippen LogP contribution in [0, 0.1) is 23.4 Å². The van der Waals surface area contributed by atoms with Gasteiger partial charge in [-0.3, -0.25) is 0 Å². The molecule has 1 saturated heterocycles. The van der Waals surface area contributed by atoms with Crippen LogP contribution in [-0.2, 0) is 4.74 Å². The summed E-state index contributed by atoms with van der Waals surface area (Å²) in [7, 11) is 0. The fourth-order valence-corrected chi connectivity index (χ4v) is 2.56. The molecule has 5 heteroatoms. The van der Waals surface area contributed by atoms with Gasteiger partial charge in [0.1, 0.15) is 0 Å². The Morgan fingerprint density at radius 3 is 2.53 bits per heavy atom. The van der Waals surface area contributed by atoms with E-state index in [1.54, 1.807) is 0 Å². The normalized spacial score (nSPS) is 21.4. The molecule has 1 aliphatic heterocycles. The summed E-state index contributed by atoms with van der Waals surface area (Å²) in [5.74, 6) is -3.55. The Labute approximate surface area is 111 Å². The summed E-state index contributed by atoms with van der Waals surface area (Å²) in [6.07, 6.45) is 1.86. The summed E-state index contributed by atoms with van der Waals surface area (Å²) in [5, 5.41) is 3.21. The van der Waals surface area contributed by atoms with Crippen molar-refractivity contribution in [2.45, 2.75) is 25.8 Å². The van der Waals surface area contributed by atoms with Crippen molar-refractivity contribution in [1.82, 2.24) is 5.32 Å². The first-order valence-corrected chi connectivity index (χ1v) is 6.59. The van der Waals surface area contributed by atoms with Gasteiger partial charge in [-0.1, -0.05) is 6.92 Å². The molecule has 1 N–H and O–H groups in total. The zero-order chi connectivity index (χ0) is 13.8. The molecular weight excluding hydrogens is 255 g/mol. The molecule has 2 nitrogen and oxygen atoms in total. The van der Waals surface area contributed by atoms with E-state index in [1.165, 1.54) is 0 Å². The number of benzene rings is 1. The van der Waals surface area contributed by atoms with E-state index in [1.807, 2.05) is 6.92 Å². The highest BCUT2D eigenvalue weighted by molar-refractivity contribution is 5.23. The number of ether oxygens (including phenoxy) is 1. The maximum Gasteiger partial charge on any atom is 0.194 e. The molecule has 1 aliphatic rings. The zero-order valence-corrected chi connectivity index (χ0v) is 10.9. The average molecular weight is 273 g/mol. The van der Waals surface area contributed by atoms with Crippen LogP contribution in [0.2, 0.25) is 0 Å². The van der Waals surface area contributed by atoms with Crippen LogP contribution in [0.3, 0.4) is 0 Å². The van der Waals surface area contributed by atoms with Gasteiger partial charge in [0.05, 0.1) is 6.61 Å². The fourth-order valence-electron chi connectivity index (χ4n) is 2.56. The highest BCUT2D eigenvalue weighted by atomic mass is 19.2. The van der Waals surface area contributed by atoms with Gasteiger partial charge >= 0.3 is 0 Å². The van der Waals surface area contributed by atoms with Crippen molar-refractivity contribution in [3.63, 3.8) is 0 Å². The Balaban J connectivity index is 2.27. The molecule has 1 aromatic rings. The van der Waals surface area contributed by atoms with E-state index in [0.717, 1.165) is 31.6 Å². The van der Waals surface area contributed by atoms with E-state index in [0.29, 0.717) is 18.7 Å². The molecule has 0 aliphatic carbocycles. The van der Waals surface area contributed by atoms with Crippen LogP contribution < -0.4 is 5.32 Å². The van der Waals surface area contributed by atoms with Gasteiger partial charge < -0.3 is 10.1 Å². The Hall–Kier alpha value is -1.07. The van der Waals surface area contributed by atoms with Crippen LogP contribution in [0.5, 0.6) is 0 Å². The number of hydrogen-bond donors (Lipinski definition) is 1. The van der Waals surface area contributed by atoms with Crippen LogP contribution in [0.1, 0.15) is 31.4 Å². The third kappa shape index (κ3) is 3.28. The van der Waals surface area contributed by atoms with Gasteiger partial charge in [-0.05, 0) is 37.1 Å².